The minimum absolute atomic E-state index is 0.327. The third-order valence-corrected chi connectivity index (χ3v) is 3.27. The number of esters is 1. The molecule has 0 spiro atoms. The Balaban J connectivity index is 1.92. The van der Waals surface area contributed by atoms with E-state index in [1.807, 2.05) is 6.07 Å². The zero-order valence-corrected chi connectivity index (χ0v) is 13.6. The van der Waals surface area contributed by atoms with Crippen LogP contribution in [0.25, 0.3) is 6.08 Å². The normalized spacial score (nSPS) is 14.5. The average molecular weight is 331 g/mol. The standard InChI is InChI=1S/C18H21NO5/c1-3-9-19-18(21)13(2)24-17(20)8-6-14-5-7-15-16(12-14)23-11-4-10-22-15/h3,5-8,12-13H,1,4,9-11H2,2H3,(H,19,21)/b8-6+/t13-/m0/s1. The molecule has 0 saturated heterocycles. The first-order valence-electron chi connectivity index (χ1n) is 7.77. The van der Waals surface area contributed by atoms with Crippen molar-refractivity contribution in [1.82, 2.24) is 5.32 Å². The van der Waals surface area contributed by atoms with Crippen LogP contribution in [0.1, 0.15) is 18.9 Å². The van der Waals surface area contributed by atoms with E-state index in [4.69, 9.17) is 14.2 Å². The average Bonchev–Trinajstić information content (AvgIpc) is 2.82. The van der Waals surface area contributed by atoms with Crippen molar-refractivity contribution in [1.29, 1.82) is 0 Å². The Kier molecular flexibility index (Phi) is 6.42. The van der Waals surface area contributed by atoms with Gasteiger partial charge in [0.05, 0.1) is 13.2 Å². The molecule has 6 nitrogen and oxygen atoms in total. The van der Waals surface area contributed by atoms with Gasteiger partial charge >= 0.3 is 5.97 Å². The van der Waals surface area contributed by atoms with Crippen LogP contribution < -0.4 is 14.8 Å². The summed E-state index contributed by atoms with van der Waals surface area (Å²) in [5, 5.41) is 2.56. The van der Waals surface area contributed by atoms with Crippen molar-refractivity contribution < 1.29 is 23.8 Å². The number of carbonyl (C=O) groups is 2. The molecule has 1 N–H and O–H groups in total. The number of benzene rings is 1. The van der Waals surface area contributed by atoms with Crippen molar-refractivity contribution in [3.05, 3.63) is 42.5 Å². The predicted octanol–water partition coefficient (Wildman–Crippen LogP) is 2.09. The maximum absolute atomic E-state index is 11.8. The van der Waals surface area contributed by atoms with E-state index in [1.165, 1.54) is 13.0 Å². The van der Waals surface area contributed by atoms with Crippen molar-refractivity contribution in [3.8, 4) is 11.5 Å². The van der Waals surface area contributed by atoms with Crippen molar-refractivity contribution >= 4 is 18.0 Å². The first-order chi connectivity index (χ1) is 11.6. The zero-order chi connectivity index (χ0) is 17.4. The van der Waals surface area contributed by atoms with Gasteiger partial charge in [-0.3, -0.25) is 4.79 Å². The van der Waals surface area contributed by atoms with Crippen LogP contribution >= 0.6 is 0 Å². The molecule has 1 aromatic rings. The highest BCUT2D eigenvalue weighted by Gasteiger charge is 2.15. The Labute approximate surface area is 141 Å². The molecular formula is C18H21NO5. The monoisotopic (exact) mass is 331 g/mol. The molecule has 1 heterocycles. The van der Waals surface area contributed by atoms with Crippen LogP contribution in [0.2, 0.25) is 0 Å². The predicted molar refractivity (Wildman–Crippen MR) is 89.8 cm³/mol. The van der Waals surface area contributed by atoms with Gasteiger partial charge in [-0.2, -0.15) is 0 Å². The van der Waals surface area contributed by atoms with Crippen molar-refractivity contribution in [2.24, 2.45) is 0 Å². The van der Waals surface area contributed by atoms with Crippen LogP contribution in [0.3, 0.4) is 0 Å². The maximum Gasteiger partial charge on any atom is 0.331 e. The topological polar surface area (TPSA) is 73.9 Å². The van der Waals surface area contributed by atoms with Gasteiger partial charge in [0.1, 0.15) is 0 Å². The number of hydrogen-bond acceptors (Lipinski definition) is 5. The third kappa shape index (κ3) is 5.15. The number of carbonyl (C=O) groups excluding carboxylic acids is 2. The first-order valence-corrected chi connectivity index (χ1v) is 7.77. The van der Waals surface area contributed by atoms with Gasteiger partial charge in [-0.1, -0.05) is 12.1 Å². The summed E-state index contributed by atoms with van der Waals surface area (Å²) < 4.78 is 16.2. The summed E-state index contributed by atoms with van der Waals surface area (Å²) >= 11 is 0. The van der Waals surface area contributed by atoms with Gasteiger partial charge in [-0.15, -0.1) is 6.58 Å². The van der Waals surface area contributed by atoms with E-state index in [2.05, 4.69) is 11.9 Å². The molecule has 0 radical (unpaired) electrons. The van der Waals surface area contributed by atoms with Crippen molar-refractivity contribution in [2.75, 3.05) is 19.8 Å². The SMILES string of the molecule is C=CCNC(=O)[C@H](C)OC(=O)/C=C/c1ccc2c(c1)OCCCO2. The molecule has 6 heteroatoms. The summed E-state index contributed by atoms with van der Waals surface area (Å²) in [6.07, 6.45) is 4.39. The lowest BCUT2D eigenvalue weighted by molar-refractivity contribution is -0.150. The number of rotatable bonds is 6. The lowest BCUT2D eigenvalue weighted by Gasteiger charge is -2.11. The van der Waals surface area contributed by atoms with E-state index >= 15 is 0 Å². The molecule has 1 amide bonds. The van der Waals surface area contributed by atoms with Gasteiger partial charge in [-0.05, 0) is 30.7 Å². The molecule has 0 bridgehead atoms. The second-order valence-electron chi connectivity index (χ2n) is 5.20. The van der Waals surface area contributed by atoms with Gasteiger partial charge in [0, 0.05) is 19.0 Å². The largest absolute Gasteiger partial charge is 0.490 e. The molecule has 1 aromatic carbocycles. The summed E-state index contributed by atoms with van der Waals surface area (Å²) in [6, 6.07) is 5.42. The molecule has 0 aliphatic carbocycles. The number of amides is 1. The minimum atomic E-state index is -0.870. The Bertz CT molecular complexity index is 638. The van der Waals surface area contributed by atoms with E-state index in [0.29, 0.717) is 31.3 Å². The van der Waals surface area contributed by atoms with Crippen LogP contribution in [-0.2, 0) is 14.3 Å². The highest BCUT2D eigenvalue weighted by Crippen LogP contribution is 2.30. The van der Waals surface area contributed by atoms with Gasteiger partial charge < -0.3 is 19.5 Å². The maximum atomic E-state index is 11.8. The quantitative estimate of drug-likeness (QED) is 0.491. The summed E-state index contributed by atoms with van der Waals surface area (Å²) in [6.45, 7) is 6.56. The fourth-order valence-corrected chi connectivity index (χ4v) is 2.03. The van der Waals surface area contributed by atoms with Gasteiger partial charge in [-0.25, -0.2) is 4.79 Å². The summed E-state index contributed by atoms with van der Waals surface area (Å²) in [5.41, 5.74) is 0.778. The lowest BCUT2D eigenvalue weighted by Crippen LogP contribution is -2.35. The lowest BCUT2D eigenvalue weighted by atomic mass is 10.2. The molecule has 0 saturated carbocycles. The molecule has 128 valence electrons. The minimum Gasteiger partial charge on any atom is -0.490 e. The van der Waals surface area contributed by atoms with E-state index in [0.717, 1.165) is 12.0 Å². The van der Waals surface area contributed by atoms with Crippen LogP contribution in [0.4, 0.5) is 0 Å². The van der Waals surface area contributed by atoms with Crippen LogP contribution in [0, 0.1) is 0 Å². The van der Waals surface area contributed by atoms with E-state index in [1.54, 1.807) is 24.3 Å². The Morgan fingerprint density at radius 1 is 1.33 bits per heavy atom. The smallest absolute Gasteiger partial charge is 0.331 e. The Hall–Kier alpha value is -2.76. The van der Waals surface area contributed by atoms with Crippen LogP contribution in [0.15, 0.2) is 36.9 Å². The number of nitrogens with one attached hydrogen (secondary N) is 1. The van der Waals surface area contributed by atoms with Crippen molar-refractivity contribution in [2.45, 2.75) is 19.4 Å². The summed E-state index contributed by atoms with van der Waals surface area (Å²) in [7, 11) is 0. The fourth-order valence-electron chi connectivity index (χ4n) is 2.03. The third-order valence-electron chi connectivity index (χ3n) is 3.27. The van der Waals surface area contributed by atoms with Crippen LogP contribution in [0.5, 0.6) is 11.5 Å². The number of ether oxygens (including phenoxy) is 3. The number of fused-ring (bicyclic) bond motifs is 1. The highest BCUT2D eigenvalue weighted by molar-refractivity contribution is 5.90. The zero-order valence-electron chi connectivity index (χ0n) is 13.6. The highest BCUT2D eigenvalue weighted by atomic mass is 16.5. The number of hydrogen-bond donors (Lipinski definition) is 1. The molecular weight excluding hydrogens is 310 g/mol. The molecule has 1 atom stereocenters. The van der Waals surface area contributed by atoms with E-state index in [-0.39, 0.29) is 5.91 Å². The summed E-state index contributed by atoms with van der Waals surface area (Å²) in [5.74, 6) is 0.385. The molecule has 24 heavy (non-hydrogen) atoms. The van der Waals surface area contributed by atoms with Crippen LogP contribution in [-0.4, -0.2) is 37.7 Å². The molecule has 2 rings (SSSR count). The molecule has 0 unspecified atom stereocenters. The van der Waals surface area contributed by atoms with Gasteiger partial charge in [0.2, 0.25) is 0 Å². The summed E-state index contributed by atoms with van der Waals surface area (Å²) in [4.78, 5) is 23.4. The van der Waals surface area contributed by atoms with E-state index in [9.17, 15) is 9.59 Å². The van der Waals surface area contributed by atoms with Gasteiger partial charge in [0.25, 0.3) is 5.91 Å². The molecule has 1 aliphatic rings. The molecule has 1 aliphatic heterocycles. The first kappa shape index (κ1) is 17.6. The fraction of sp³-hybridized carbons (Fsp3) is 0.333. The van der Waals surface area contributed by atoms with Crippen molar-refractivity contribution in [3.63, 3.8) is 0 Å². The van der Waals surface area contributed by atoms with Gasteiger partial charge in [0.15, 0.2) is 17.6 Å². The molecule has 0 fully saturated rings. The van der Waals surface area contributed by atoms with E-state index < -0.39 is 12.1 Å². The Morgan fingerprint density at radius 2 is 2.08 bits per heavy atom. The molecule has 0 aromatic heterocycles. The Morgan fingerprint density at radius 3 is 2.83 bits per heavy atom. The second kappa shape index (κ2) is 8.76. The second-order valence-corrected chi connectivity index (χ2v) is 5.20.